The molecule has 2 heterocycles. The molecule has 1 N–H and O–H groups in total. The highest BCUT2D eigenvalue weighted by Crippen LogP contribution is 2.40. The molecule has 2 bridgehead atoms. The van der Waals surface area contributed by atoms with Crippen molar-refractivity contribution in [2.24, 2.45) is 5.41 Å². The molecule has 2 aliphatic heterocycles. The SMILES string of the molecule is COC(=O)C12CCC(CC1)NC2.Cl. The third kappa shape index (κ3) is 1.67. The lowest BCUT2D eigenvalue weighted by Gasteiger charge is -2.44. The number of esters is 1. The summed E-state index contributed by atoms with van der Waals surface area (Å²) in [4.78, 5) is 11.5. The third-order valence-electron chi connectivity index (χ3n) is 3.29. The van der Waals surface area contributed by atoms with Crippen molar-refractivity contribution < 1.29 is 9.53 Å². The highest BCUT2D eigenvalue weighted by molar-refractivity contribution is 5.85. The van der Waals surface area contributed by atoms with Gasteiger partial charge in [0.1, 0.15) is 0 Å². The molecule has 0 amide bonds. The third-order valence-corrected chi connectivity index (χ3v) is 3.29. The van der Waals surface area contributed by atoms with Gasteiger partial charge in [0.15, 0.2) is 0 Å². The Hall–Kier alpha value is -0.280. The lowest BCUT2D eigenvalue weighted by molar-refractivity contribution is -0.157. The molecule has 2 saturated heterocycles. The molecule has 0 spiro atoms. The molecule has 13 heavy (non-hydrogen) atoms. The molecule has 4 heteroatoms. The van der Waals surface area contributed by atoms with E-state index in [-0.39, 0.29) is 23.8 Å². The van der Waals surface area contributed by atoms with Crippen LogP contribution in [0.5, 0.6) is 0 Å². The average Bonchev–Trinajstić information content (AvgIpc) is 2.19. The molecule has 0 aromatic rings. The minimum atomic E-state index is -0.177. The number of carbonyl (C=O) groups excluding carboxylic acids is 1. The minimum absolute atomic E-state index is 0. The molecule has 76 valence electrons. The van der Waals surface area contributed by atoms with Gasteiger partial charge < -0.3 is 10.1 Å². The second-order valence-electron chi connectivity index (χ2n) is 3.93. The van der Waals surface area contributed by atoms with E-state index in [2.05, 4.69) is 5.32 Å². The monoisotopic (exact) mass is 205 g/mol. The van der Waals surface area contributed by atoms with Gasteiger partial charge in [0.2, 0.25) is 0 Å². The Balaban J connectivity index is 0.000000845. The van der Waals surface area contributed by atoms with Gasteiger partial charge in [0, 0.05) is 12.6 Å². The van der Waals surface area contributed by atoms with Crippen molar-refractivity contribution in [2.45, 2.75) is 31.7 Å². The van der Waals surface area contributed by atoms with Crippen LogP contribution in [0.2, 0.25) is 0 Å². The van der Waals surface area contributed by atoms with E-state index >= 15 is 0 Å². The Morgan fingerprint density at radius 3 is 2.46 bits per heavy atom. The smallest absolute Gasteiger partial charge is 0.313 e. The fraction of sp³-hybridized carbons (Fsp3) is 0.889. The molecule has 0 radical (unpaired) electrons. The van der Waals surface area contributed by atoms with E-state index in [4.69, 9.17) is 4.74 Å². The zero-order chi connectivity index (χ0) is 8.60. The van der Waals surface area contributed by atoms with E-state index in [9.17, 15) is 4.79 Å². The number of fused-ring (bicyclic) bond motifs is 3. The summed E-state index contributed by atoms with van der Waals surface area (Å²) in [6, 6.07) is 0.663. The Morgan fingerprint density at radius 2 is 2.08 bits per heavy atom. The predicted octanol–water partition coefficient (Wildman–Crippen LogP) is 1.11. The van der Waals surface area contributed by atoms with Gasteiger partial charge in [-0.25, -0.2) is 0 Å². The van der Waals surface area contributed by atoms with E-state index in [1.54, 1.807) is 0 Å². The van der Waals surface area contributed by atoms with Gasteiger partial charge in [-0.1, -0.05) is 0 Å². The Kier molecular flexibility index (Phi) is 3.19. The van der Waals surface area contributed by atoms with Gasteiger partial charge in [0.05, 0.1) is 12.5 Å². The molecule has 0 aromatic heterocycles. The number of piperidine rings is 2. The zero-order valence-electron chi connectivity index (χ0n) is 7.84. The molecule has 1 saturated carbocycles. The van der Waals surface area contributed by atoms with Crippen LogP contribution >= 0.6 is 12.4 Å². The first kappa shape index (κ1) is 10.8. The zero-order valence-corrected chi connectivity index (χ0v) is 8.65. The molecule has 3 fully saturated rings. The van der Waals surface area contributed by atoms with Gasteiger partial charge in [-0.2, -0.15) is 0 Å². The quantitative estimate of drug-likeness (QED) is 0.652. The van der Waals surface area contributed by atoms with Crippen molar-refractivity contribution in [3.63, 3.8) is 0 Å². The van der Waals surface area contributed by atoms with E-state index in [0.29, 0.717) is 6.04 Å². The molecule has 1 aliphatic carbocycles. The van der Waals surface area contributed by atoms with Crippen molar-refractivity contribution in [3.8, 4) is 0 Å². The largest absolute Gasteiger partial charge is 0.469 e. The molecule has 0 unspecified atom stereocenters. The van der Waals surface area contributed by atoms with Crippen LogP contribution in [0.1, 0.15) is 25.7 Å². The maximum absolute atomic E-state index is 11.5. The number of nitrogens with one attached hydrogen (secondary N) is 1. The number of carbonyl (C=O) groups is 1. The average molecular weight is 206 g/mol. The van der Waals surface area contributed by atoms with Crippen LogP contribution in [0, 0.1) is 5.41 Å². The Morgan fingerprint density at radius 1 is 1.46 bits per heavy atom. The number of rotatable bonds is 1. The van der Waals surface area contributed by atoms with Crippen LogP contribution in [0.25, 0.3) is 0 Å². The first-order valence-corrected chi connectivity index (χ1v) is 4.59. The van der Waals surface area contributed by atoms with Gasteiger partial charge >= 0.3 is 5.97 Å². The molecular weight excluding hydrogens is 190 g/mol. The van der Waals surface area contributed by atoms with Gasteiger partial charge in [-0.15, -0.1) is 12.4 Å². The molecule has 0 atom stereocenters. The van der Waals surface area contributed by atoms with Gasteiger partial charge in [0.25, 0.3) is 0 Å². The van der Waals surface area contributed by atoms with Crippen LogP contribution in [-0.2, 0) is 9.53 Å². The number of hydrogen-bond donors (Lipinski definition) is 1. The lowest BCUT2D eigenvalue weighted by Crippen LogP contribution is -2.55. The van der Waals surface area contributed by atoms with Crippen molar-refractivity contribution >= 4 is 18.4 Å². The summed E-state index contributed by atoms with van der Waals surface area (Å²) < 4.78 is 4.83. The van der Waals surface area contributed by atoms with Crippen LogP contribution in [-0.4, -0.2) is 25.7 Å². The summed E-state index contributed by atoms with van der Waals surface area (Å²) in [5.41, 5.74) is -0.177. The Bertz CT molecular complexity index is 186. The fourth-order valence-corrected chi connectivity index (χ4v) is 2.38. The van der Waals surface area contributed by atoms with Crippen molar-refractivity contribution in [2.75, 3.05) is 13.7 Å². The second-order valence-corrected chi connectivity index (χ2v) is 3.93. The topological polar surface area (TPSA) is 38.3 Å². The van der Waals surface area contributed by atoms with Crippen molar-refractivity contribution in [3.05, 3.63) is 0 Å². The first-order valence-electron chi connectivity index (χ1n) is 4.59. The van der Waals surface area contributed by atoms with Crippen LogP contribution in [0.4, 0.5) is 0 Å². The highest BCUT2D eigenvalue weighted by atomic mass is 35.5. The molecule has 3 rings (SSSR count). The van der Waals surface area contributed by atoms with Gasteiger partial charge in [-0.3, -0.25) is 4.79 Å². The van der Waals surface area contributed by atoms with Crippen LogP contribution in [0.15, 0.2) is 0 Å². The van der Waals surface area contributed by atoms with E-state index in [1.165, 1.54) is 7.11 Å². The molecular formula is C9H16ClNO2. The normalized spacial score (nSPS) is 36.5. The molecule has 3 nitrogen and oxygen atoms in total. The van der Waals surface area contributed by atoms with Crippen LogP contribution < -0.4 is 5.32 Å². The van der Waals surface area contributed by atoms with E-state index < -0.39 is 0 Å². The number of halogens is 1. The minimum Gasteiger partial charge on any atom is -0.469 e. The highest BCUT2D eigenvalue weighted by Gasteiger charge is 2.46. The summed E-state index contributed by atoms with van der Waals surface area (Å²) in [5, 5.41) is 3.37. The summed E-state index contributed by atoms with van der Waals surface area (Å²) in [7, 11) is 1.48. The summed E-state index contributed by atoms with van der Waals surface area (Å²) in [6.07, 6.45) is 4.29. The molecule has 3 aliphatic rings. The number of hydrogen-bond acceptors (Lipinski definition) is 3. The fourth-order valence-electron chi connectivity index (χ4n) is 2.38. The predicted molar refractivity (Wildman–Crippen MR) is 52.0 cm³/mol. The summed E-state index contributed by atoms with van der Waals surface area (Å²) >= 11 is 0. The van der Waals surface area contributed by atoms with E-state index in [1.807, 2.05) is 0 Å². The lowest BCUT2D eigenvalue weighted by atomic mass is 9.69. The molecule has 0 aromatic carbocycles. The van der Waals surface area contributed by atoms with Crippen molar-refractivity contribution in [1.82, 2.24) is 5.32 Å². The first-order chi connectivity index (χ1) is 5.77. The summed E-state index contributed by atoms with van der Waals surface area (Å²) in [5.74, 6) is -0.0202. The summed E-state index contributed by atoms with van der Waals surface area (Å²) in [6.45, 7) is 0.824. The number of methoxy groups -OCH3 is 1. The Labute approximate surface area is 84.6 Å². The van der Waals surface area contributed by atoms with E-state index in [0.717, 1.165) is 32.2 Å². The van der Waals surface area contributed by atoms with Crippen molar-refractivity contribution in [1.29, 1.82) is 0 Å². The standard InChI is InChI=1S/C9H15NO2.ClH/c1-12-8(11)9-4-2-7(3-5-9)10-6-9;/h7,10H,2-6H2,1H3;1H. The number of ether oxygens (including phenoxy) is 1. The maximum Gasteiger partial charge on any atom is 0.313 e. The second kappa shape index (κ2) is 3.84. The van der Waals surface area contributed by atoms with Crippen LogP contribution in [0.3, 0.4) is 0 Å². The maximum atomic E-state index is 11.5. The van der Waals surface area contributed by atoms with Gasteiger partial charge in [-0.05, 0) is 25.7 Å².